The summed E-state index contributed by atoms with van der Waals surface area (Å²) >= 11 is 0. The standard InChI is InChI=1S/C22H37N3O2.C3H8/c1-17(26)19-2-4-20(5-3-19)21(27)25-10-6-18(7-11-25)14-24-12-8-22(9-13-24)15-23-16-22;1-3-2/h18-20,23H,2-16H2,1H3;3H2,1-2H3. The van der Waals surface area contributed by atoms with Gasteiger partial charge in [-0.1, -0.05) is 20.3 Å². The summed E-state index contributed by atoms with van der Waals surface area (Å²) in [6.07, 6.45) is 9.94. The third-order valence-electron chi connectivity index (χ3n) is 8.01. The Balaban J connectivity index is 0.000000806. The van der Waals surface area contributed by atoms with Gasteiger partial charge in [0.1, 0.15) is 5.78 Å². The highest BCUT2D eigenvalue weighted by atomic mass is 16.2. The lowest BCUT2D eigenvalue weighted by Gasteiger charge is -2.49. The van der Waals surface area contributed by atoms with E-state index >= 15 is 0 Å². The van der Waals surface area contributed by atoms with E-state index in [1.807, 2.05) is 0 Å². The molecule has 0 aromatic heterocycles. The van der Waals surface area contributed by atoms with Gasteiger partial charge < -0.3 is 15.1 Å². The average Bonchev–Trinajstić information content (AvgIpc) is 2.74. The van der Waals surface area contributed by atoms with E-state index in [-0.39, 0.29) is 11.8 Å². The van der Waals surface area contributed by atoms with Gasteiger partial charge >= 0.3 is 0 Å². The van der Waals surface area contributed by atoms with E-state index in [0.29, 0.717) is 17.1 Å². The molecule has 3 heterocycles. The quantitative estimate of drug-likeness (QED) is 0.754. The van der Waals surface area contributed by atoms with E-state index in [1.165, 1.54) is 52.0 Å². The Morgan fingerprint density at radius 3 is 1.87 bits per heavy atom. The molecule has 5 heteroatoms. The minimum absolute atomic E-state index is 0.173. The van der Waals surface area contributed by atoms with Crippen LogP contribution in [0.4, 0.5) is 0 Å². The van der Waals surface area contributed by atoms with E-state index in [2.05, 4.69) is 29.0 Å². The van der Waals surface area contributed by atoms with Gasteiger partial charge in [0.25, 0.3) is 0 Å². The lowest BCUT2D eigenvalue weighted by atomic mass is 9.73. The molecule has 3 saturated heterocycles. The predicted molar refractivity (Wildman–Crippen MR) is 122 cm³/mol. The van der Waals surface area contributed by atoms with Crippen molar-refractivity contribution >= 4 is 11.7 Å². The van der Waals surface area contributed by atoms with Gasteiger partial charge in [0.05, 0.1) is 0 Å². The number of nitrogens with one attached hydrogen (secondary N) is 1. The first-order valence-corrected chi connectivity index (χ1v) is 12.7. The molecule has 0 bridgehead atoms. The average molecular weight is 420 g/mol. The Bertz CT molecular complexity index is 549. The van der Waals surface area contributed by atoms with Crippen molar-refractivity contribution in [2.75, 3.05) is 45.8 Å². The van der Waals surface area contributed by atoms with Crippen molar-refractivity contribution in [3.63, 3.8) is 0 Å². The van der Waals surface area contributed by atoms with Gasteiger partial charge in [-0.15, -0.1) is 0 Å². The first-order chi connectivity index (χ1) is 14.5. The number of amides is 1. The maximum atomic E-state index is 12.9. The van der Waals surface area contributed by atoms with Crippen molar-refractivity contribution in [1.82, 2.24) is 15.1 Å². The monoisotopic (exact) mass is 419 g/mol. The number of piperidine rings is 2. The number of carbonyl (C=O) groups excluding carboxylic acids is 2. The van der Waals surface area contributed by atoms with E-state index < -0.39 is 0 Å². The fourth-order valence-electron chi connectivity index (χ4n) is 5.75. The molecule has 4 rings (SSSR count). The molecule has 172 valence electrons. The molecule has 0 unspecified atom stereocenters. The molecule has 0 aromatic rings. The van der Waals surface area contributed by atoms with Crippen LogP contribution < -0.4 is 5.32 Å². The molecule has 0 atom stereocenters. The molecular formula is C25H45N3O2. The van der Waals surface area contributed by atoms with Crippen LogP contribution in [0.3, 0.4) is 0 Å². The number of ketones is 1. The van der Waals surface area contributed by atoms with Crippen LogP contribution in [0.2, 0.25) is 0 Å². The normalized spacial score (nSPS) is 29.6. The van der Waals surface area contributed by atoms with Crippen LogP contribution in [0, 0.1) is 23.2 Å². The first-order valence-electron chi connectivity index (χ1n) is 12.7. The smallest absolute Gasteiger partial charge is 0.225 e. The third-order valence-corrected chi connectivity index (χ3v) is 8.01. The summed E-state index contributed by atoms with van der Waals surface area (Å²) in [5.74, 6) is 1.81. The summed E-state index contributed by atoms with van der Waals surface area (Å²) in [6, 6.07) is 0. The molecule has 30 heavy (non-hydrogen) atoms. The Kier molecular flexibility index (Phi) is 8.76. The number of rotatable bonds is 4. The minimum Gasteiger partial charge on any atom is -0.342 e. The van der Waals surface area contributed by atoms with Crippen LogP contribution in [0.15, 0.2) is 0 Å². The van der Waals surface area contributed by atoms with Crippen LogP contribution in [0.1, 0.15) is 78.6 Å². The minimum atomic E-state index is 0.173. The SMILES string of the molecule is CC(=O)C1CCC(C(=O)N2CCC(CN3CCC4(CC3)CNC4)CC2)CC1.CCC. The molecule has 4 aliphatic rings. The Morgan fingerprint density at radius 2 is 1.40 bits per heavy atom. The summed E-state index contributed by atoms with van der Waals surface area (Å²) in [7, 11) is 0. The molecule has 1 spiro atoms. The largest absolute Gasteiger partial charge is 0.342 e. The summed E-state index contributed by atoms with van der Waals surface area (Å²) in [6.45, 7) is 14.1. The van der Waals surface area contributed by atoms with Crippen molar-refractivity contribution in [1.29, 1.82) is 0 Å². The zero-order valence-corrected chi connectivity index (χ0v) is 19.8. The molecule has 1 saturated carbocycles. The maximum absolute atomic E-state index is 12.9. The van der Waals surface area contributed by atoms with Crippen LogP contribution >= 0.6 is 0 Å². The Hall–Kier alpha value is -0.940. The summed E-state index contributed by atoms with van der Waals surface area (Å²) in [4.78, 5) is 29.2. The van der Waals surface area contributed by atoms with Crippen molar-refractivity contribution in [3.05, 3.63) is 0 Å². The van der Waals surface area contributed by atoms with E-state index in [4.69, 9.17) is 0 Å². The number of likely N-dealkylation sites (tertiary alicyclic amines) is 2. The third kappa shape index (κ3) is 6.06. The second-order valence-electron chi connectivity index (χ2n) is 10.5. The number of hydrogen-bond donors (Lipinski definition) is 1. The zero-order chi connectivity index (χ0) is 21.6. The van der Waals surface area contributed by atoms with Crippen LogP contribution in [-0.4, -0.2) is 67.3 Å². The molecule has 5 nitrogen and oxygen atoms in total. The number of Topliss-reactive ketones (excluding diaryl/α,β-unsaturated/α-hetero) is 1. The highest BCUT2D eigenvalue weighted by Gasteiger charge is 2.40. The maximum Gasteiger partial charge on any atom is 0.225 e. The van der Waals surface area contributed by atoms with Gasteiger partial charge in [0.2, 0.25) is 5.91 Å². The number of hydrogen-bond acceptors (Lipinski definition) is 4. The second-order valence-corrected chi connectivity index (χ2v) is 10.5. The van der Waals surface area contributed by atoms with Crippen molar-refractivity contribution in [3.8, 4) is 0 Å². The van der Waals surface area contributed by atoms with Crippen molar-refractivity contribution in [2.45, 2.75) is 78.6 Å². The first kappa shape index (κ1) is 23.7. The fraction of sp³-hybridized carbons (Fsp3) is 0.920. The molecule has 0 radical (unpaired) electrons. The fourth-order valence-corrected chi connectivity index (χ4v) is 5.75. The molecule has 1 amide bonds. The lowest BCUT2D eigenvalue weighted by Crippen LogP contribution is -2.58. The zero-order valence-electron chi connectivity index (χ0n) is 19.8. The van der Waals surface area contributed by atoms with Gasteiger partial charge in [-0.05, 0) is 82.7 Å². The van der Waals surface area contributed by atoms with Gasteiger partial charge in [-0.25, -0.2) is 0 Å². The Morgan fingerprint density at radius 1 is 0.867 bits per heavy atom. The van der Waals surface area contributed by atoms with Gasteiger partial charge in [0, 0.05) is 44.6 Å². The van der Waals surface area contributed by atoms with Crippen LogP contribution in [0.5, 0.6) is 0 Å². The summed E-state index contributed by atoms with van der Waals surface area (Å²) < 4.78 is 0. The topological polar surface area (TPSA) is 52.7 Å². The molecule has 1 aliphatic carbocycles. The lowest BCUT2D eigenvalue weighted by molar-refractivity contribution is -0.139. The van der Waals surface area contributed by atoms with Crippen LogP contribution in [-0.2, 0) is 9.59 Å². The number of nitrogens with zero attached hydrogens (tertiary/aromatic N) is 2. The highest BCUT2D eigenvalue weighted by molar-refractivity contribution is 5.81. The van der Waals surface area contributed by atoms with E-state index in [9.17, 15) is 9.59 Å². The highest BCUT2D eigenvalue weighted by Crippen LogP contribution is 2.36. The molecule has 0 aromatic carbocycles. The van der Waals surface area contributed by atoms with Gasteiger partial charge in [-0.2, -0.15) is 0 Å². The van der Waals surface area contributed by atoms with E-state index in [0.717, 1.165) is 57.5 Å². The van der Waals surface area contributed by atoms with Crippen molar-refractivity contribution in [2.24, 2.45) is 23.2 Å². The molecule has 4 fully saturated rings. The summed E-state index contributed by atoms with van der Waals surface area (Å²) in [5.41, 5.74) is 0.633. The van der Waals surface area contributed by atoms with E-state index in [1.54, 1.807) is 6.92 Å². The predicted octanol–water partition coefficient (Wildman–Crippen LogP) is 3.72. The summed E-state index contributed by atoms with van der Waals surface area (Å²) in [5, 5.41) is 3.45. The Labute approximate surface area is 184 Å². The van der Waals surface area contributed by atoms with Gasteiger partial charge in [-0.3, -0.25) is 9.59 Å². The van der Waals surface area contributed by atoms with Gasteiger partial charge in [0.15, 0.2) is 0 Å². The second kappa shape index (κ2) is 11.1. The van der Waals surface area contributed by atoms with Crippen molar-refractivity contribution < 1.29 is 9.59 Å². The number of carbonyl (C=O) groups is 2. The molecule has 1 N–H and O–H groups in total. The van der Waals surface area contributed by atoms with Crippen LogP contribution in [0.25, 0.3) is 0 Å². The molecule has 3 aliphatic heterocycles. The molecular weight excluding hydrogens is 374 g/mol.